The van der Waals surface area contributed by atoms with Crippen LogP contribution in [0, 0.1) is 5.82 Å². The van der Waals surface area contributed by atoms with Crippen LogP contribution in [0.2, 0.25) is 0 Å². The fourth-order valence-corrected chi connectivity index (χ4v) is 2.91. The minimum Gasteiger partial charge on any atom is -0.370 e. The summed E-state index contributed by atoms with van der Waals surface area (Å²) in [7, 11) is 0. The van der Waals surface area contributed by atoms with E-state index < -0.39 is 0 Å². The Morgan fingerprint density at radius 3 is 2.80 bits per heavy atom. The summed E-state index contributed by atoms with van der Waals surface area (Å²) in [5.41, 5.74) is 5.76. The largest absolute Gasteiger partial charge is 0.370 e. The average molecular weight is 292 g/mol. The zero-order valence-corrected chi connectivity index (χ0v) is 12.0. The first-order valence-corrected chi connectivity index (χ1v) is 7.23. The number of hydrogen-bond acceptors (Lipinski definition) is 3. The van der Waals surface area contributed by atoms with Gasteiger partial charge in [0.25, 0.3) is 0 Å². The third-order valence-corrected chi connectivity index (χ3v) is 4.05. The first-order chi connectivity index (χ1) is 9.56. The molecular weight excluding hydrogens is 275 g/mol. The normalized spacial score (nSPS) is 12.3. The number of hydrogen-bond donors (Lipinski definition) is 2. The van der Waals surface area contributed by atoms with Crippen LogP contribution in [0.25, 0.3) is 10.4 Å². The second-order valence-electron chi connectivity index (χ2n) is 4.70. The Hall–Kier alpha value is -1.72. The third kappa shape index (κ3) is 3.88. The number of thiophene rings is 1. The lowest BCUT2D eigenvalue weighted by molar-refractivity contribution is -0.118. The molecule has 1 amide bonds. The van der Waals surface area contributed by atoms with Crippen LogP contribution in [-0.2, 0) is 11.3 Å². The number of primary amides is 1. The molecule has 0 saturated carbocycles. The van der Waals surface area contributed by atoms with E-state index in [0.717, 1.165) is 9.75 Å². The highest BCUT2D eigenvalue weighted by Gasteiger charge is 2.09. The summed E-state index contributed by atoms with van der Waals surface area (Å²) in [4.78, 5) is 12.8. The quantitative estimate of drug-likeness (QED) is 0.860. The molecular formula is C15H17FN2OS. The number of benzene rings is 1. The van der Waals surface area contributed by atoms with Crippen molar-refractivity contribution >= 4 is 17.2 Å². The van der Waals surface area contributed by atoms with Gasteiger partial charge < -0.3 is 11.1 Å². The van der Waals surface area contributed by atoms with Crippen molar-refractivity contribution in [2.24, 2.45) is 5.73 Å². The number of nitrogens with two attached hydrogens (primary N) is 1. The van der Waals surface area contributed by atoms with Crippen molar-refractivity contribution in [2.75, 3.05) is 0 Å². The molecule has 0 spiro atoms. The molecule has 106 valence electrons. The standard InChI is InChI=1S/C15H17FN2OS/c1-10(8-15(17)19)18-9-11-6-7-14(20-11)12-4-2-3-5-13(12)16/h2-7,10,18H,8-9H2,1H3,(H2,17,19)/t10-/m0/s1. The highest BCUT2D eigenvalue weighted by atomic mass is 32.1. The molecule has 1 aromatic carbocycles. The predicted molar refractivity (Wildman–Crippen MR) is 79.8 cm³/mol. The van der Waals surface area contributed by atoms with Crippen molar-refractivity contribution in [1.82, 2.24) is 5.32 Å². The van der Waals surface area contributed by atoms with E-state index in [2.05, 4.69) is 5.32 Å². The molecule has 0 saturated heterocycles. The number of halogens is 1. The molecule has 0 aliphatic heterocycles. The van der Waals surface area contributed by atoms with Gasteiger partial charge in [0.2, 0.25) is 5.91 Å². The predicted octanol–water partition coefficient (Wildman–Crippen LogP) is 2.91. The molecule has 2 aromatic rings. The number of amides is 1. The van der Waals surface area contributed by atoms with Gasteiger partial charge in [-0.25, -0.2) is 4.39 Å². The summed E-state index contributed by atoms with van der Waals surface area (Å²) in [5, 5.41) is 3.23. The summed E-state index contributed by atoms with van der Waals surface area (Å²) < 4.78 is 13.7. The van der Waals surface area contributed by atoms with Crippen LogP contribution in [0.1, 0.15) is 18.2 Å². The van der Waals surface area contributed by atoms with E-state index in [9.17, 15) is 9.18 Å². The summed E-state index contributed by atoms with van der Waals surface area (Å²) in [5.74, 6) is -0.529. The second-order valence-corrected chi connectivity index (χ2v) is 5.87. The fraction of sp³-hybridized carbons (Fsp3) is 0.267. The van der Waals surface area contributed by atoms with Crippen LogP contribution in [-0.4, -0.2) is 11.9 Å². The number of rotatable bonds is 6. The molecule has 20 heavy (non-hydrogen) atoms. The summed E-state index contributed by atoms with van der Waals surface area (Å²) in [6, 6.07) is 10.7. The van der Waals surface area contributed by atoms with Gasteiger partial charge in [0.05, 0.1) is 0 Å². The monoisotopic (exact) mass is 292 g/mol. The van der Waals surface area contributed by atoms with E-state index in [1.165, 1.54) is 6.07 Å². The maximum Gasteiger partial charge on any atom is 0.218 e. The minimum absolute atomic E-state index is 0.0338. The Balaban J connectivity index is 1.99. The zero-order chi connectivity index (χ0) is 14.5. The van der Waals surface area contributed by atoms with Gasteiger partial charge in [-0.1, -0.05) is 18.2 Å². The first kappa shape index (κ1) is 14.7. The number of carbonyl (C=O) groups is 1. The zero-order valence-electron chi connectivity index (χ0n) is 11.2. The van der Waals surface area contributed by atoms with Crippen molar-refractivity contribution in [2.45, 2.75) is 25.9 Å². The van der Waals surface area contributed by atoms with Gasteiger partial charge in [0.15, 0.2) is 0 Å². The molecule has 0 fully saturated rings. The molecule has 1 atom stereocenters. The molecule has 0 aliphatic rings. The molecule has 1 aromatic heterocycles. The molecule has 3 N–H and O–H groups in total. The Kier molecular flexibility index (Phi) is 4.87. The van der Waals surface area contributed by atoms with E-state index >= 15 is 0 Å². The van der Waals surface area contributed by atoms with Crippen LogP contribution in [0.4, 0.5) is 4.39 Å². The molecule has 1 heterocycles. The highest BCUT2D eigenvalue weighted by molar-refractivity contribution is 7.15. The third-order valence-electron chi connectivity index (χ3n) is 2.93. The van der Waals surface area contributed by atoms with Crippen molar-refractivity contribution in [3.8, 4) is 10.4 Å². The Labute approximate surface area is 121 Å². The van der Waals surface area contributed by atoms with Crippen molar-refractivity contribution in [3.05, 3.63) is 47.1 Å². The van der Waals surface area contributed by atoms with E-state index in [1.807, 2.05) is 25.1 Å². The Morgan fingerprint density at radius 1 is 1.35 bits per heavy atom. The fourth-order valence-electron chi connectivity index (χ4n) is 1.93. The van der Waals surface area contributed by atoms with Gasteiger partial charge in [0.1, 0.15) is 5.82 Å². The lowest BCUT2D eigenvalue weighted by atomic mass is 10.2. The lowest BCUT2D eigenvalue weighted by Gasteiger charge is -2.10. The molecule has 0 unspecified atom stereocenters. The first-order valence-electron chi connectivity index (χ1n) is 6.41. The van der Waals surface area contributed by atoms with Gasteiger partial charge in [-0.2, -0.15) is 0 Å². The van der Waals surface area contributed by atoms with Crippen LogP contribution >= 0.6 is 11.3 Å². The van der Waals surface area contributed by atoms with Gasteiger partial charge in [-0.05, 0) is 25.1 Å². The summed E-state index contributed by atoms with van der Waals surface area (Å²) in [6.45, 7) is 2.56. The van der Waals surface area contributed by atoms with Crippen LogP contribution < -0.4 is 11.1 Å². The average Bonchev–Trinajstić information content (AvgIpc) is 2.85. The second kappa shape index (κ2) is 6.63. The lowest BCUT2D eigenvalue weighted by Crippen LogP contribution is -2.30. The minimum atomic E-state index is -0.316. The van der Waals surface area contributed by atoms with Crippen LogP contribution in [0.3, 0.4) is 0 Å². The van der Waals surface area contributed by atoms with Gasteiger partial charge in [-0.15, -0.1) is 11.3 Å². The van der Waals surface area contributed by atoms with Crippen molar-refractivity contribution in [3.63, 3.8) is 0 Å². The van der Waals surface area contributed by atoms with Gasteiger partial charge >= 0.3 is 0 Å². The van der Waals surface area contributed by atoms with E-state index in [1.54, 1.807) is 23.5 Å². The molecule has 0 radical (unpaired) electrons. The molecule has 0 bridgehead atoms. The Morgan fingerprint density at radius 2 is 2.10 bits per heavy atom. The van der Waals surface area contributed by atoms with Gasteiger partial charge in [0, 0.05) is 34.3 Å². The maximum atomic E-state index is 13.7. The van der Waals surface area contributed by atoms with E-state index in [0.29, 0.717) is 18.5 Å². The highest BCUT2D eigenvalue weighted by Crippen LogP contribution is 2.29. The summed E-state index contributed by atoms with van der Waals surface area (Å²) in [6.07, 6.45) is 0.311. The van der Waals surface area contributed by atoms with Crippen molar-refractivity contribution < 1.29 is 9.18 Å². The maximum absolute atomic E-state index is 13.7. The topological polar surface area (TPSA) is 55.1 Å². The molecule has 3 nitrogen and oxygen atoms in total. The van der Waals surface area contributed by atoms with Crippen LogP contribution in [0.15, 0.2) is 36.4 Å². The SMILES string of the molecule is C[C@@H](CC(N)=O)NCc1ccc(-c2ccccc2F)s1. The number of carbonyl (C=O) groups excluding carboxylic acids is 1. The molecule has 2 rings (SSSR count). The van der Waals surface area contributed by atoms with Gasteiger partial charge in [-0.3, -0.25) is 4.79 Å². The Bertz CT molecular complexity index is 597. The van der Waals surface area contributed by atoms with Crippen LogP contribution in [0.5, 0.6) is 0 Å². The number of nitrogens with one attached hydrogen (secondary N) is 1. The van der Waals surface area contributed by atoms with E-state index in [-0.39, 0.29) is 17.8 Å². The van der Waals surface area contributed by atoms with E-state index in [4.69, 9.17) is 5.73 Å². The smallest absolute Gasteiger partial charge is 0.218 e. The summed E-state index contributed by atoms with van der Waals surface area (Å²) >= 11 is 1.54. The molecule has 0 aliphatic carbocycles. The van der Waals surface area contributed by atoms with Crippen molar-refractivity contribution in [1.29, 1.82) is 0 Å². The molecule has 5 heteroatoms.